The third kappa shape index (κ3) is 3.34. The number of hydrogen-bond acceptors (Lipinski definition) is 5. The summed E-state index contributed by atoms with van der Waals surface area (Å²) in [6, 6.07) is 20.9. The van der Waals surface area contributed by atoms with E-state index in [1.165, 1.54) is 48.3 Å². The number of hydrogen-bond donors (Lipinski definition) is 1. The van der Waals surface area contributed by atoms with E-state index in [1.54, 1.807) is 0 Å². The zero-order valence-corrected chi connectivity index (χ0v) is 17.3. The van der Waals surface area contributed by atoms with Gasteiger partial charge in [0.1, 0.15) is 11.0 Å². The van der Waals surface area contributed by atoms with Crippen LogP contribution in [0.2, 0.25) is 0 Å². The number of nitrogens with one attached hydrogen (secondary N) is 1. The Kier molecular flexibility index (Phi) is 4.41. The van der Waals surface area contributed by atoms with Crippen molar-refractivity contribution >= 4 is 34.3 Å². The first kappa shape index (κ1) is 18.1. The molecule has 0 fully saturated rings. The van der Waals surface area contributed by atoms with Gasteiger partial charge >= 0.3 is 0 Å². The molecule has 6 heteroatoms. The Bertz CT molecular complexity index is 1230. The van der Waals surface area contributed by atoms with Crippen LogP contribution in [0.1, 0.15) is 29.5 Å². The molecule has 0 bridgehead atoms. The first-order chi connectivity index (χ1) is 15.3. The Morgan fingerprint density at radius 3 is 2.35 bits per heavy atom. The average Bonchev–Trinajstić information content (AvgIpc) is 3.28. The van der Waals surface area contributed by atoms with Crippen molar-refractivity contribution in [3.8, 4) is 0 Å². The highest BCUT2D eigenvalue weighted by atomic mass is 15.5. The summed E-state index contributed by atoms with van der Waals surface area (Å²) >= 11 is 0. The molecule has 3 heterocycles. The van der Waals surface area contributed by atoms with Gasteiger partial charge in [-0.15, -0.1) is 0 Å². The van der Waals surface area contributed by atoms with Crippen molar-refractivity contribution in [2.45, 2.75) is 25.7 Å². The summed E-state index contributed by atoms with van der Waals surface area (Å²) in [5.74, 6) is 0. The van der Waals surface area contributed by atoms with Crippen LogP contribution in [0.4, 0.5) is 17.1 Å². The number of nitrogens with zero attached hydrogens (tertiary/aromatic N) is 5. The third-order valence-electron chi connectivity index (χ3n) is 6.22. The average molecular weight is 409 g/mol. The van der Waals surface area contributed by atoms with Crippen molar-refractivity contribution in [2.24, 2.45) is 5.10 Å². The number of anilines is 3. The van der Waals surface area contributed by atoms with Gasteiger partial charge in [0.05, 0.1) is 17.6 Å². The second-order valence-electron chi connectivity index (χ2n) is 8.27. The van der Waals surface area contributed by atoms with Gasteiger partial charge in [-0.2, -0.15) is 20.5 Å². The lowest BCUT2D eigenvalue weighted by molar-refractivity contribution is 0.634. The molecule has 0 atom stereocenters. The number of aryl methyl sites for hydroxylation is 2. The first-order valence-corrected chi connectivity index (χ1v) is 11.0. The van der Waals surface area contributed by atoms with E-state index in [9.17, 15) is 0 Å². The van der Waals surface area contributed by atoms with Crippen LogP contribution < -0.4 is 9.91 Å². The van der Waals surface area contributed by atoms with Crippen LogP contribution in [0.15, 0.2) is 65.8 Å². The fraction of sp³-hybridized carbons (Fsp3) is 0.240. The third-order valence-corrected chi connectivity index (χ3v) is 6.22. The Morgan fingerprint density at radius 1 is 0.839 bits per heavy atom. The van der Waals surface area contributed by atoms with Crippen LogP contribution >= 0.6 is 0 Å². The van der Waals surface area contributed by atoms with Crippen LogP contribution in [-0.2, 0) is 12.8 Å². The summed E-state index contributed by atoms with van der Waals surface area (Å²) < 4.78 is 0. The monoisotopic (exact) mass is 408 g/mol. The summed E-state index contributed by atoms with van der Waals surface area (Å²) in [6.45, 7) is 2.39. The number of aromatic amines is 1. The van der Waals surface area contributed by atoms with Crippen molar-refractivity contribution in [3.05, 3.63) is 77.4 Å². The van der Waals surface area contributed by atoms with E-state index in [4.69, 9.17) is 5.10 Å². The van der Waals surface area contributed by atoms with Gasteiger partial charge in [-0.25, -0.2) is 5.01 Å². The Morgan fingerprint density at radius 2 is 1.58 bits per heavy atom. The minimum Gasteiger partial charge on any atom is -0.371 e. The van der Waals surface area contributed by atoms with E-state index in [0.717, 1.165) is 35.2 Å². The molecule has 0 amide bonds. The fourth-order valence-corrected chi connectivity index (χ4v) is 4.84. The molecule has 3 aromatic carbocycles. The molecule has 1 aromatic heterocycles. The highest BCUT2D eigenvalue weighted by Crippen LogP contribution is 2.36. The van der Waals surface area contributed by atoms with E-state index in [-0.39, 0.29) is 0 Å². The number of H-pyrrole nitrogens is 1. The lowest BCUT2D eigenvalue weighted by Gasteiger charge is -2.37. The predicted molar refractivity (Wildman–Crippen MR) is 125 cm³/mol. The van der Waals surface area contributed by atoms with Crippen LogP contribution in [0.3, 0.4) is 0 Å². The molecule has 0 spiro atoms. The van der Waals surface area contributed by atoms with Gasteiger partial charge in [-0.3, -0.25) is 0 Å². The van der Waals surface area contributed by atoms with Gasteiger partial charge in [0.2, 0.25) is 0 Å². The molecule has 31 heavy (non-hydrogen) atoms. The molecule has 1 N–H and O–H groups in total. The maximum Gasteiger partial charge on any atom is 0.115 e. The molecule has 154 valence electrons. The molecule has 2 aliphatic rings. The largest absolute Gasteiger partial charge is 0.371 e. The standard InChI is InChI=1S/C25H24N6/c1-2-8-21(9-3-1)31(22-10-11-23-24(16-22)28-29-27-23)26-17-18-14-19-6-4-12-30-13-5-7-20(15-18)25(19)30/h1-3,8-11,14-17H,4-7,12-13H2,(H,27,28,29). The lowest BCUT2D eigenvalue weighted by atomic mass is 9.90. The maximum atomic E-state index is 4.92. The molecule has 6 nitrogen and oxygen atoms in total. The van der Waals surface area contributed by atoms with Crippen molar-refractivity contribution in [1.29, 1.82) is 0 Å². The normalized spacial score (nSPS) is 15.4. The van der Waals surface area contributed by atoms with Crippen molar-refractivity contribution in [2.75, 3.05) is 23.0 Å². The molecular formula is C25H24N6. The van der Waals surface area contributed by atoms with Crippen molar-refractivity contribution < 1.29 is 0 Å². The number of hydrazone groups is 1. The molecule has 0 unspecified atom stereocenters. The second kappa shape index (κ2) is 7.54. The van der Waals surface area contributed by atoms with Gasteiger partial charge in [-0.05, 0) is 84.8 Å². The lowest BCUT2D eigenvalue weighted by Crippen LogP contribution is -2.34. The van der Waals surface area contributed by atoms with Gasteiger partial charge < -0.3 is 4.90 Å². The van der Waals surface area contributed by atoms with Crippen molar-refractivity contribution in [1.82, 2.24) is 15.4 Å². The molecule has 4 aromatic rings. The predicted octanol–water partition coefficient (Wildman–Crippen LogP) is 4.83. The van der Waals surface area contributed by atoms with Gasteiger partial charge in [0, 0.05) is 18.8 Å². The Balaban J connectivity index is 1.40. The summed E-state index contributed by atoms with van der Waals surface area (Å²) in [7, 11) is 0. The Hall–Kier alpha value is -3.67. The highest BCUT2D eigenvalue weighted by Gasteiger charge is 2.24. The van der Waals surface area contributed by atoms with E-state index >= 15 is 0 Å². The van der Waals surface area contributed by atoms with Gasteiger partial charge in [0.15, 0.2) is 0 Å². The molecule has 0 radical (unpaired) electrons. The van der Waals surface area contributed by atoms with Crippen LogP contribution in [0.25, 0.3) is 11.0 Å². The smallest absolute Gasteiger partial charge is 0.115 e. The van der Waals surface area contributed by atoms with Crippen LogP contribution in [0, 0.1) is 0 Å². The zero-order chi connectivity index (χ0) is 20.6. The van der Waals surface area contributed by atoms with E-state index in [1.807, 2.05) is 47.6 Å². The first-order valence-electron chi connectivity index (χ1n) is 11.0. The van der Waals surface area contributed by atoms with Gasteiger partial charge in [-0.1, -0.05) is 18.2 Å². The molecule has 2 aliphatic heterocycles. The van der Waals surface area contributed by atoms with E-state index in [0.29, 0.717) is 0 Å². The molecular weight excluding hydrogens is 384 g/mol. The molecule has 6 rings (SSSR count). The summed E-state index contributed by atoms with van der Waals surface area (Å²) in [5, 5.41) is 18.0. The van der Waals surface area contributed by atoms with Gasteiger partial charge in [0.25, 0.3) is 0 Å². The minimum atomic E-state index is 0.826. The number of aromatic nitrogens is 3. The highest BCUT2D eigenvalue weighted by molar-refractivity contribution is 5.86. The van der Waals surface area contributed by atoms with Crippen molar-refractivity contribution in [3.63, 3.8) is 0 Å². The minimum absolute atomic E-state index is 0.826. The molecule has 0 saturated heterocycles. The number of rotatable bonds is 4. The van der Waals surface area contributed by atoms with E-state index in [2.05, 4.69) is 44.6 Å². The molecule has 0 aliphatic carbocycles. The quantitative estimate of drug-likeness (QED) is 0.388. The summed E-state index contributed by atoms with van der Waals surface area (Å²) in [4.78, 5) is 2.57. The number of fused-ring (bicyclic) bond motifs is 1. The molecule has 0 saturated carbocycles. The zero-order valence-electron chi connectivity index (χ0n) is 17.3. The second-order valence-corrected chi connectivity index (χ2v) is 8.27. The number of para-hydroxylation sites is 1. The Labute approximate surface area is 181 Å². The van der Waals surface area contributed by atoms with E-state index < -0.39 is 0 Å². The summed E-state index contributed by atoms with van der Waals surface area (Å²) in [5.41, 5.74) is 9.24. The topological polar surface area (TPSA) is 60.4 Å². The SMILES string of the molecule is C(=NN(c1ccccc1)c1ccc2n[nH]nc2c1)c1cc2c3c(c1)CCCN3CCC2. The van der Waals surface area contributed by atoms with Crippen LogP contribution in [-0.4, -0.2) is 34.7 Å². The summed E-state index contributed by atoms with van der Waals surface area (Å²) in [6.07, 6.45) is 6.78. The van der Waals surface area contributed by atoms with Crippen LogP contribution in [0.5, 0.6) is 0 Å². The number of benzene rings is 3. The fourth-order valence-electron chi connectivity index (χ4n) is 4.84. The maximum absolute atomic E-state index is 4.92.